The molecule has 1 amide bonds. The Morgan fingerprint density at radius 2 is 1.57 bits per heavy atom. The SMILES string of the molecule is CCCCc1cc(C=C(C)C(N)=O)cc(CCCC)c1C(=O)O. The summed E-state index contributed by atoms with van der Waals surface area (Å²) < 4.78 is 0. The van der Waals surface area contributed by atoms with E-state index >= 15 is 0 Å². The molecule has 0 atom stereocenters. The molecule has 3 N–H and O–H groups in total. The number of rotatable bonds is 9. The molecule has 0 spiro atoms. The molecule has 0 bridgehead atoms. The van der Waals surface area contributed by atoms with E-state index in [2.05, 4.69) is 13.8 Å². The molecule has 0 aliphatic carbocycles. The van der Waals surface area contributed by atoms with Gasteiger partial charge in [0.25, 0.3) is 0 Å². The van der Waals surface area contributed by atoms with Crippen molar-refractivity contribution in [1.82, 2.24) is 0 Å². The predicted octanol–water partition coefficient (Wildman–Crippen LogP) is 3.96. The largest absolute Gasteiger partial charge is 0.478 e. The van der Waals surface area contributed by atoms with E-state index in [9.17, 15) is 14.7 Å². The first-order valence-corrected chi connectivity index (χ1v) is 8.27. The molecular formula is C19H27NO3. The molecule has 0 radical (unpaired) electrons. The lowest BCUT2D eigenvalue weighted by molar-refractivity contribution is -0.114. The van der Waals surface area contributed by atoms with Crippen LogP contribution in [0, 0.1) is 0 Å². The van der Waals surface area contributed by atoms with Crippen molar-refractivity contribution in [2.45, 2.75) is 59.3 Å². The van der Waals surface area contributed by atoms with Crippen LogP contribution in [0.1, 0.15) is 73.5 Å². The molecule has 0 aliphatic heterocycles. The van der Waals surface area contributed by atoms with Gasteiger partial charge in [0.15, 0.2) is 0 Å². The monoisotopic (exact) mass is 317 g/mol. The lowest BCUT2D eigenvalue weighted by Crippen LogP contribution is -2.12. The van der Waals surface area contributed by atoms with E-state index < -0.39 is 11.9 Å². The highest BCUT2D eigenvalue weighted by atomic mass is 16.4. The first-order valence-electron chi connectivity index (χ1n) is 8.27. The number of amides is 1. The third-order valence-electron chi connectivity index (χ3n) is 3.91. The van der Waals surface area contributed by atoms with E-state index in [0.717, 1.165) is 55.2 Å². The fourth-order valence-electron chi connectivity index (χ4n) is 2.60. The molecular weight excluding hydrogens is 290 g/mol. The van der Waals surface area contributed by atoms with Crippen LogP contribution in [0.5, 0.6) is 0 Å². The number of carboxylic acids is 1. The summed E-state index contributed by atoms with van der Waals surface area (Å²) in [5.41, 5.74) is 8.74. The summed E-state index contributed by atoms with van der Waals surface area (Å²) in [6, 6.07) is 3.75. The molecule has 0 heterocycles. The van der Waals surface area contributed by atoms with Gasteiger partial charge in [-0.25, -0.2) is 4.79 Å². The third-order valence-corrected chi connectivity index (χ3v) is 3.91. The molecule has 4 nitrogen and oxygen atoms in total. The van der Waals surface area contributed by atoms with E-state index in [4.69, 9.17) is 5.73 Å². The molecule has 23 heavy (non-hydrogen) atoms. The summed E-state index contributed by atoms with van der Waals surface area (Å²) in [5, 5.41) is 9.62. The van der Waals surface area contributed by atoms with Crippen molar-refractivity contribution in [2.24, 2.45) is 5.73 Å². The zero-order valence-corrected chi connectivity index (χ0v) is 14.3. The molecule has 0 saturated heterocycles. The Labute approximate surface area is 138 Å². The summed E-state index contributed by atoms with van der Waals surface area (Å²) in [7, 11) is 0. The highest BCUT2D eigenvalue weighted by Crippen LogP contribution is 2.23. The van der Waals surface area contributed by atoms with Crippen molar-refractivity contribution in [3.05, 3.63) is 40.0 Å². The topological polar surface area (TPSA) is 80.4 Å². The van der Waals surface area contributed by atoms with E-state index in [-0.39, 0.29) is 0 Å². The van der Waals surface area contributed by atoms with Gasteiger partial charge in [0.1, 0.15) is 0 Å². The number of aromatic carboxylic acids is 1. The smallest absolute Gasteiger partial charge is 0.336 e. The minimum absolute atomic E-state index is 0.431. The van der Waals surface area contributed by atoms with Crippen LogP contribution in [0.25, 0.3) is 6.08 Å². The Kier molecular flexibility index (Phi) is 7.52. The predicted molar refractivity (Wildman–Crippen MR) is 93.5 cm³/mol. The van der Waals surface area contributed by atoms with Gasteiger partial charge in [-0.1, -0.05) is 38.8 Å². The van der Waals surface area contributed by atoms with E-state index in [1.54, 1.807) is 13.0 Å². The first kappa shape index (κ1) is 18.9. The Balaban J connectivity index is 3.40. The maximum Gasteiger partial charge on any atom is 0.336 e. The normalized spacial score (nSPS) is 11.5. The lowest BCUT2D eigenvalue weighted by atomic mass is 9.91. The Bertz CT molecular complexity index is 574. The second-order valence-electron chi connectivity index (χ2n) is 5.92. The second-order valence-corrected chi connectivity index (χ2v) is 5.92. The molecule has 4 heteroatoms. The molecule has 0 aliphatic rings. The van der Waals surface area contributed by atoms with Crippen LogP contribution in [0.4, 0.5) is 0 Å². The number of benzene rings is 1. The van der Waals surface area contributed by atoms with Crippen molar-refractivity contribution < 1.29 is 14.7 Å². The quantitative estimate of drug-likeness (QED) is 0.676. The molecule has 0 aromatic heterocycles. The van der Waals surface area contributed by atoms with Crippen LogP contribution >= 0.6 is 0 Å². The zero-order valence-electron chi connectivity index (χ0n) is 14.3. The number of aryl methyl sites for hydroxylation is 2. The molecule has 1 rings (SSSR count). The minimum atomic E-state index is -0.871. The van der Waals surface area contributed by atoms with Gasteiger partial charge < -0.3 is 10.8 Å². The Morgan fingerprint density at radius 3 is 1.91 bits per heavy atom. The van der Waals surface area contributed by atoms with Gasteiger partial charge in [0, 0.05) is 5.57 Å². The van der Waals surface area contributed by atoms with Gasteiger partial charge in [-0.2, -0.15) is 0 Å². The van der Waals surface area contributed by atoms with Crippen molar-refractivity contribution in [3.63, 3.8) is 0 Å². The van der Waals surface area contributed by atoms with Crippen molar-refractivity contribution in [3.8, 4) is 0 Å². The van der Waals surface area contributed by atoms with Crippen LogP contribution in [-0.2, 0) is 17.6 Å². The fourth-order valence-corrected chi connectivity index (χ4v) is 2.60. The summed E-state index contributed by atoms with van der Waals surface area (Å²) in [6.07, 6.45) is 7.08. The zero-order chi connectivity index (χ0) is 17.4. The van der Waals surface area contributed by atoms with Gasteiger partial charge in [-0.05, 0) is 55.4 Å². The van der Waals surface area contributed by atoms with Crippen molar-refractivity contribution in [2.75, 3.05) is 0 Å². The summed E-state index contributed by atoms with van der Waals surface area (Å²) >= 11 is 0. The number of carboxylic acid groups (broad SMARTS) is 1. The fraction of sp³-hybridized carbons (Fsp3) is 0.474. The number of primary amides is 1. The number of hydrogen-bond donors (Lipinski definition) is 2. The van der Waals surface area contributed by atoms with Gasteiger partial charge in [0.05, 0.1) is 5.56 Å². The summed E-state index contributed by atoms with van der Waals surface area (Å²) in [4.78, 5) is 23.0. The second kappa shape index (κ2) is 9.13. The van der Waals surface area contributed by atoms with Gasteiger partial charge in [-0.15, -0.1) is 0 Å². The number of hydrogen-bond acceptors (Lipinski definition) is 2. The molecule has 0 fully saturated rings. The minimum Gasteiger partial charge on any atom is -0.478 e. The Morgan fingerprint density at radius 1 is 1.09 bits per heavy atom. The number of unbranched alkanes of at least 4 members (excludes halogenated alkanes) is 2. The highest BCUT2D eigenvalue weighted by molar-refractivity contribution is 5.96. The summed E-state index contributed by atoms with van der Waals surface area (Å²) in [5.74, 6) is -1.33. The maximum atomic E-state index is 11.7. The van der Waals surface area contributed by atoms with E-state index in [1.165, 1.54) is 0 Å². The van der Waals surface area contributed by atoms with Crippen molar-refractivity contribution >= 4 is 18.0 Å². The Hall–Kier alpha value is -2.10. The van der Waals surface area contributed by atoms with Crippen LogP contribution in [-0.4, -0.2) is 17.0 Å². The van der Waals surface area contributed by atoms with Crippen molar-refractivity contribution in [1.29, 1.82) is 0 Å². The number of carbonyl (C=O) groups is 2. The first-order chi connectivity index (χ1) is 10.9. The van der Waals surface area contributed by atoms with Gasteiger partial charge in [-0.3, -0.25) is 4.79 Å². The van der Waals surface area contributed by atoms with E-state index in [1.807, 2.05) is 12.1 Å². The number of carbonyl (C=O) groups excluding carboxylic acids is 1. The molecule has 1 aromatic rings. The molecule has 1 aromatic carbocycles. The van der Waals surface area contributed by atoms with Crippen LogP contribution < -0.4 is 5.73 Å². The third kappa shape index (κ3) is 5.55. The van der Waals surface area contributed by atoms with Crippen LogP contribution in [0.15, 0.2) is 17.7 Å². The van der Waals surface area contributed by atoms with Crippen LogP contribution in [0.2, 0.25) is 0 Å². The average molecular weight is 317 g/mol. The average Bonchev–Trinajstić information content (AvgIpc) is 2.49. The lowest BCUT2D eigenvalue weighted by Gasteiger charge is -2.14. The molecule has 0 saturated carbocycles. The van der Waals surface area contributed by atoms with Crippen LogP contribution in [0.3, 0.4) is 0 Å². The van der Waals surface area contributed by atoms with Gasteiger partial charge in [0.2, 0.25) is 5.91 Å². The van der Waals surface area contributed by atoms with E-state index in [0.29, 0.717) is 11.1 Å². The maximum absolute atomic E-state index is 11.7. The number of nitrogens with two attached hydrogens (primary N) is 1. The highest BCUT2D eigenvalue weighted by Gasteiger charge is 2.16. The molecule has 126 valence electrons. The van der Waals surface area contributed by atoms with Gasteiger partial charge >= 0.3 is 5.97 Å². The standard InChI is InChI=1S/C19H27NO3/c1-4-6-8-15-11-14(10-13(3)18(20)21)12-16(9-7-5-2)17(15)19(22)23/h10-12H,4-9H2,1-3H3,(H2,20,21)(H,22,23). The molecule has 0 unspecified atom stereocenters. The summed E-state index contributed by atoms with van der Waals surface area (Å²) in [6.45, 7) is 5.84.